The Bertz CT molecular complexity index is 480. The molecule has 1 aromatic rings. The fourth-order valence-electron chi connectivity index (χ4n) is 1.88. The van der Waals surface area contributed by atoms with Gasteiger partial charge in [-0.15, -0.1) is 0 Å². The molecule has 0 unspecified atom stereocenters. The summed E-state index contributed by atoms with van der Waals surface area (Å²) in [5.74, 6) is -0.0998. The molecule has 0 fully saturated rings. The number of fused-ring (bicyclic) bond motifs is 1. The van der Waals surface area contributed by atoms with E-state index in [4.69, 9.17) is 0 Å². The molecule has 5 heteroatoms. The van der Waals surface area contributed by atoms with Gasteiger partial charge in [0.2, 0.25) is 0 Å². The fraction of sp³-hybridized carbons (Fsp3) is 0.182. The summed E-state index contributed by atoms with van der Waals surface area (Å²) in [5, 5.41) is 9.71. The van der Waals surface area contributed by atoms with Crippen molar-refractivity contribution in [3.8, 4) is 0 Å². The van der Waals surface area contributed by atoms with Crippen LogP contribution in [0.2, 0.25) is 0 Å². The van der Waals surface area contributed by atoms with Gasteiger partial charge in [0, 0.05) is 6.42 Å². The highest BCUT2D eigenvalue weighted by Crippen LogP contribution is 2.20. The summed E-state index contributed by atoms with van der Waals surface area (Å²) in [4.78, 5) is 11.5. The molecule has 0 radical (unpaired) electrons. The average Bonchev–Trinajstić information content (AvgIpc) is 2.76. The minimum absolute atomic E-state index is 0.0998. The van der Waals surface area contributed by atoms with Crippen LogP contribution in [0.3, 0.4) is 0 Å². The minimum Gasteiger partial charge on any atom is -0.271 e. The molecule has 5 nitrogen and oxygen atoms in total. The lowest BCUT2D eigenvalue weighted by Crippen LogP contribution is -2.44. The van der Waals surface area contributed by atoms with Crippen LogP contribution in [-0.4, -0.2) is 29.0 Å². The molecular formula is C11H10N4O. The molecule has 2 heterocycles. The van der Waals surface area contributed by atoms with Gasteiger partial charge in [0.05, 0.1) is 5.71 Å². The Morgan fingerprint density at radius 1 is 1.31 bits per heavy atom. The topological polar surface area (TPSA) is 57.1 Å². The van der Waals surface area contributed by atoms with E-state index >= 15 is 0 Å². The molecule has 0 saturated heterocycles. The van der Waals surface area contributed by atoms with E-state index in [9.17, 15) is 4.79 Å². The first-order valence-electron chi connectivity index (χ1n) is 5.09. The average molecular weight is 214 g/mol. The van der Waals surface area contributed by atoms with E-state index in [1.807, 2.05) is 30.3 Å². The Morgan fingerprint density at radius 3 is 2.88 bits per heavy atom. The van der Waals surface area contributed by atoms with Crippen molar-refractivity contribution >= 4 is 18.0 Å². The Labute approximate surface area is 92.4 Å². The van der Waals surface area contributed by atoms with Crippen molar-refractivity contribution in [3.05, 3.63) is 35.9 Å². The van der Waals surface area contributed by atoms with Gasteiger partial charge < -0.3 is 0 Å². The van der Waals surface area contributed by atoms with Gasteiger partial charge in [-0.3, -0.25) is 4.79 Å². The molecule has 0 saturated carbocycles. The summed E-state index contributed by atoms with van der Waals surface area (Å²) in [5.41, 5.74) is 4.42. The Balaban J connectivity index is 1.92. The van der Waals surface area contributed by atoms with Crippen LogP contribution >= 0.6 is 0 Å². The molecule has 1 atom stereocenters. The number of rotatable bonds is 1. The van der Waals surface area contributed by atoms with Crippen LogP contribution in [0.1, 0.15) is 12.0 Å². The van der Waals surface area contributed by atoms with Gasteiger partial charge in [0.25, 0.3) is 5.91 Å². The highest BCUT2D eigenvalue weighted by molar-refractivity contribution is 6.06. The summed E-state index contributed by atoms with van der Waals surface area (Å²) in [6, 6.07) is 9.62. The van der Waals surface area contributed by atoms with E-state index in [1.54, 1.807) is 11.3 Å². The van der Waals surface area contributed by atoms with Gasteiger partial charge in [-0.1, -0.05) is 30.3 Å². The second-order valence-electron chi connectivity index (χ2n) is 3.73. The molecule has 0 bridgehead atoms. The number of amides is 1. The number of carbonyl (C=O) groups is 1. The van der Waals surface area contributed by atoms with Crippen molar-refractivity contribution in [1.29, 1.82) is 0 Å². The number of hydrogen-bond acceptors (Lipinski definition) is 4. The Kier molecular flexibility index (Phi) is 1.96. The normalized spacial score (nSPS) is 22.8. The van der Waals surface area contributed by atoms with Gasteiger partial charge in [-0.25, -0.2) is 10.4 Å². The van der Waals surface area contributed by atoms with Crippen LogP contribution in [0.25, 0.3) is 0 Å². The Hall–Kier alpha value is -2.17. The summed E-state index contributed by atoms with van der Waals surface area (Å²) in [6.07, 6.45) is 2.17. The number of benzene rings is 1. The highest BCUT2D eigenvalue weighted by atomic mass is 16.2. The summed E-state index contributed by atoms with van der Waals surface area (Å²) < 4.78 is 0. The van der Waals surface area contributed by atoms with Crippen LogP contribution in [0.5, 0.6) is 0 Å². The molecule has 2 aliphatic heterocycles. The second kappa shape index (κ2) is 3.44. The van der Waals surface area contributed by atoms with Gasteiger partial charge in [-0.2, -0.15) is 10.2 Å². The predicted molar refractivity (Wildman–Crippen MR) is 59.9 cm³/mol. The zero-order valence-corrected chi connectivity index (χ0v) is 8.50. The smallest absolute Gasteiger partial charge is 0.265 e. The number of hydrogen-bond donors (Lipinski definition) is 1. The molecule has 0 aromatic heterocycles. The molecule has 80 valence electrons. The third kappa shape index (κ3) is 1.37. The van der Waals surface area contributed by atoms with E-state index in [1.165, 1.54) is 0 Å². The van der Waals surface area contributed by atoms with E-state index < -0.39 is 0 Å². The third-order valence-electron chi connectivity index (χ3n) is 2.70. The molecule has 1 aromatic carbocycles. The van der Waals surface area contributed by atoms with Crippen molar-refractivity contribution in [2.45, 2.75) is 12.5 Å². The van der Waals surface area contributed by atoms with E-state index in [-0.39, 0.29) is 11.9 Å². The minimum atomic E-state index is -0.243. The van der Waals surface area contributed by atoms with Crippen molar-refractivity contribution in [3.63, 3.8) is 0 Å². The van der Waals surface area contributed by atoms with Gasteiger partial charge in [0.1, 0.15) is 12.4 Å². The van der Waals surface area contributed by atoms with Crippen molar-refractivity contribution in [2.24, 2.45) is 10.2 Å². The van der Waals surface area contributed by atoms with Crippen LogP contribution in [0.15, 0.2) is 40.5 Å². The lowest BCUT2D eigenvalue weighted by atomic mass is 10.0. The Morgan fingerprint density at radius 2 is 2.12 bits per heavy atom. The third-order valence-corrected chi connectivity index (χ3v) is 2.70. The summed E-state index contributed by atoms with van der Waals surface area (Å²) in [6.45, 7) is 0. The van der Waals surface area contributed by atoms with Crippen LogP contribution in [0, 0.1) is 0 Å². The summed E-state index contributed by atoms with van der Waals surface area (Å²) in [7, 11) is 0. The first kappa shape index (κ1) is 9.08. The second-order valence-corrected chi connectivity index (χ2v) is 3.73. The maximum absolute atomic E-state index is 11.5. The first-order valence-corrected chi connectivity index (χ1v) is 5.09. The van der Waals surface area contributed by atoms with Crippen molar-refractivity contribution in [1.82, 2.24) is 10.4 Å². The first-order chi connectivity index (χ1) is 7.84. The maximum Gasteiger partial charge on any atom is 0.265 e. The standard InChI is InChI=1S/C11H10N4O/c16-11-10-6-9(8-4-2-1-3-5-8)14-15(10)7-12-13-11/h1-5,7,10H,6H2,(H,13,16)/t10-/m1/s1. The van der Waals surface area contributed by atoms with Gasteiger partial charge in [-0.05, 0) is 5.56 Å². The number of carbonyl (C=O) groups excluding carboxylic acids is 1. The van der Waals surface area contributed by atoms with Crippen molar-refractivity contribution < 1.29 is 4.79 Å². The van der Waals surface area contributed by atoms with Crippen LogP contribution in [0.4, 0.5) is 0 Å². The lowest BCUT2D eigenvalue weighted by Gasteiger charge is -2.20. The molecule has 0 spiro atoms. The van der Waals surface area contributed by atoms with E-state index in [2.05, 4.69) is 15.6 Å². The quantitative estimate of drug-likeness (QED) is 0.741. The van der Waals surface area contributed by atoms with Gasteiger partial charge >= 0.3 is 0 Å². The predicted octanol–water partition coefficient (Wildman–Crippen LogP) is 0.538. The van der Waals surface area contributed by atoms with E-state index in [0.717, 1.165) is 11.3 Å². The molecule has 16 heavy (non-hydrogen) atoms. The molecular weight excluding hydrogens is 204 g/mol. The molecule has 0 aliphatic carbocycles. The number of hydrazone groups is 2. The molecule has 1 N–H and O–H groups in total. The zero-order valence-electron chi connectivity index (χ0n) is 8.50. The zero-order chi connectivity index (χ0) is 11.0. The number of nitrogens with one attached hydrogen (secondary N) is 1. The van der Waals surface area contributed by atoms with E-state index in [0.29, 0.717) is 6.42 Å². The highest BCUT2D eigenvalue weighted by Gasteiger charge is 2.34. The molecule has 2 aliphatic rings. The maximum atomic E-state index is 11.5. The van der Waals surface area contributed by atoms with Crippen LogP contribution < -0.4 is 5.43 Å². The summed E-state index contributed by atoms with van der Waals surface area (Å²) >= 11 is 0. The largest absolute Gasteiger partial charge is 0.271 e. The SMILES string of the molecule is O=C1NN=CN2N=C(c3ccccc3)C[C@H]12. The fourth-order valence-corrected chi connectivity index (χ4v) is 1.88. The number of nitrogens with zero attached hydrogens (tertiary/aromatic N) is 3. The van der Waals surface area contributed by atoms with Crippen molar-refractivity contribution in [2.75, 3.05) is 0 Å². The monoisotopic (exact) mass is 214 g/mol. The van der Waals surface area contributed by atoms with Gasteiger partial charge in [0.15, 0.2) is 0 Å². The molecule has 3 rings (SSSR count). The van der Waals surface area contributed by atoms with Crippen LogP contribution in [-0.2, 0) is 4.79 Å². The molecule has 1 amide bonds. The lowest BCUT2D eigenvalue weighted by molar-refractivity contribution is -0.125.